The van der Waals surface area contributed by atoms with Crippen molar-refractivity contribution in [2.75, 3.05) is 7.11 Å². The van der Waals surface area contributed by atoms with Gasteiger partial charge in [-0.1, -0.05) is 28.1 Å². The lowest BCUT2D eigenvalue weighted by molar-refractivity contribution is -0.136. The van der Waals surface area contributed by atoms with E-state index in [2.05, 4.69) is 31.2 Å². The van der Waals surface area contributed by atoms with Crippen molar-refractivity contribution in [3.05, 3.63) is 34.3 Å². The molecule has 0 aliphatic rings. The van der Waals surface area contributed by atoms with Gasteiger partial charge in [-0.2, -0.15) is 5.10 Å². The van der Waals surface area contributed by atoms with E-state index < -0.39 is 12.1 Å². The fourth-order valence-electron chi connectivity index (χ4n) is 1.29. The molecule has 1 amide bonds. The zero-order valence-electron chi connectivity index (χ0n) is 10.2. The Bertz CT molecular complexity index is 485. The van der Waals surface area contributed by atoms with Crippen LogP contribution in [-0.4, -0.2) is 30.0 Å². The van der Waals surface area contributed by atoms with Crippen molar-refractivity contribution in [3.8, 4) is 0 Å². The summed E-state index contributed by atoms with van der Waals surface area (Å²) in [6.45, 7) is 0. The average Bonchev–Trinajstić information content (AvgIpc) is 2.39. The summed E-state index contributed by atoms with van der Waals surface area (Å²) in [6.07, 6.45) is -0.566. The number of hydrogen-bond acceptors (Lipinski definition) is 4. The SMILES string of the molecule is COC(=O)N/N=C(/CCC(=O)O)c1ccc(Br)cc1. The van der Waals surface area contributed by atoms with Crippen LogP contribution in [0.5, 0.6) is 0 Å². The molecule has 0 radical (unpaired) electrons. The number of hydrazone groups is 1. The molecule has 0 saturated heterocycles. The van der Waals surface area contributed by atoms with Gasteiger partial charge in [0.05, 0.1) is 19.2 Å². The predicted octanol–water partition coefficient (Wildman–Crippen LogP) is 2.37. The second kappa shape index (κ2) is 7.52. The molecule has 0 spiro atoms. The van der Waals surface area contributed by atoms with E-state index in [0.717, 1.165) is 10.0 Å². The largest absolute Gasteiger partial charge is 0.481 e. The van der Waals surface area contributed by atoms with Gasteiger partial charge in [0.25, 0.3) is 0 Å². The van der Waals surface area contributed by atoms with Gasteiger partial charge in [0.1, 0.15) is 0 Å². The number of carboxylic acid groups (broad SMARTS) is 1. The van der Waals surface area contributed by atoms with Crippen molar-refractivity contribution in [3.63, 3.8) is 0 Å². The highest BCUT2D eigenvalue weighted by molar-refractivity contribution is 9.10. The standard InChI is InChI=1S/C12H13BrN2O4/c1-19-12(18)15-14-10(6-7-11(16)17)8-2-4-9(13)5-3-8/h2-5H,6-7H2,1H3,(H,15,18)(H,16,17)/b14-10-. The quantitative estimate of drug-likeness (QED) is 0.641. The van der Waals surface area contributed by atoms with E-state index in [0.29, 0.717) is 5.71 Å². The summed E-state index contributed by atoms with van der Waals surface area (Å²) in [6, 6.07) is 7.18. The van der Waals surface area contributed by atoms with Crippen molar-refractivity contribution in [1.82, 2.24) is 5.43 Å². The molecule has 102 valence electrons. The Balaban J connectivity index is 2.87. The highest BCUT2D eigenvalue weighted by atomic mass is 79.9. The summed E-state index contributed by atoms with van der Waals surface area (Å²) in [5, 5.41) is 12.6. The molecule has 1 aromatic rings. The van der Waals surface area contributed by atoms with E-state index in [1.165, 1.54) is 7.11 Å². The number of carbonyl (C=O) groups excluding carboxylic acids is 1. The third-order valence-electron chi connectivity index (χ3n) is 2.22. The number of carbonyl (C=O) groups is 2. The molecule has 7 heteroatoms. The lowest BCUT2D eigenvalue weighted by Crippen LogP contribution is -2.20. The van der Waals surface area contributed by atoms with Crippen molar-refractivity contribution in [1.29, 1.82) is 0 Å². The highest BCUT2D eigenvalue weighted by Gasteiger charge is 2.08. The van der Waals surface area contributed by atoms with Crippen molar-refractivity contribution < 1.29 is 19.4 Å². The van der Waals surface area contributed by atoms with Crippen molar-refractivity contribution >= 4 is 33.7 Å². The zero-order valence-corrected chi connectivity index (χ0v) is 11.8. The first kappa shape index (κ1) is 15.2. The van der Waals surface area contributed by atoms with Gasteiger partial charge in [0, 0.05) is 10.9 Å². The first-order valence-electron chi connectivity index (χ1n) is 5.41. The molecule has 0 atom stereocenters. The number of nitrogens with zero attached hydrogens (tertiary/aromatic N) is 1. The Morgan fingerprint density at radius 1 is 1.32 bits per heavy atom. The van der Waals surface area contributed by atoms with E-state index in [9.17, 15) is 9.59 Å². The number of aliphatic carboxylic acids is 1. The maximum absolute atomic E-state index is 11.0. The van der Waals surface area contributed by atoms with Gasteiger partial charge >= 0.3 is 12.1 Å². The molecule has 0 aliphatic heterocycles. The molecular formula is C12H13BrN2O4. The molecule has 2 N–H and O–H groups in total. The summed E-state index contributed by atoms with van der Waals surface area (Å²) in [4.78, 5) is 21.6. The Labute approximate surface area is 118 Å². The first-order valence-corrected chi connectivity index (χ1v) is 6.20. The molecule has 1 rings (SSSR count). The summed E-state index contributed by atoms with van der Waals surface area (Å²) >= 11 is 3.31. The molecule has 0 bridgehead atoms. The van der Waals surface area contributed by atoms with Gasteiger partial charge in [-0.25, -0.2) is 10.2 Å². The molecule has 6 nitrogen and oxygen atoms in total. The van der Waals surface area contributed by atoms with E-state index >= 15 is 0 Å². The normalized spacial score (nSPS) is 10.9. The Hall–Kier alpha value is -1.89. The average molecular weight is 329 g/mol. The molecule has 0 heterocycles. The summed E-state index contributed by atoms with van der Waals surface area (Å²) in [5.41, 5.74) is 3.40. The molecule has 0 aliphatic carbocycles. The third-order valence-corrected chi connectivity index (χ3v) is 2.75. The number of methoxy groups -OCH3 is 1. The Kier molecular flexibility index (Phi) is 6.01. The maximum Gasteiger partial charge on any atom is 0.427 e. The zero-order chi connectivity index (χ0) is 14.3. The van der Waals surface area contributed by atoms with Crippen LogP contribution in [0.4, 0.5) is 4.79 Å². The molecule has 0 saturated carbocycles. The number of nitrogens with one attached hydrogen (secondary N) is 1. The van der Waals surface area contributed by atoms with Crippen LogP contribution in [-0.2, 0) is 9.53 Å². The number of hydrogen-bond donors (Lipinski definition) is 2. The lowest BCUT2D eigenvalue weighted by Gasteiger charge is -2.06. The maximum atomic E-state index is 11.0. The molecule has 1 aromatic carbocycles. The fourth-order valence-corrected chi connectivity index (χ4v) is 1.56. The summed E-state index contributed by atoms with van der Waals surface area (Å²) < 4.78 is 5.30. The van der Waals surface area contributed by atoms with E-state index in [-0.39, 0.29) is 12.8 Å². The third kappa shape index (κ3) is 5.52. The lowest BCUT2D eigenvalue weighted by atomic mass is 10.1. The van der Waals surface area contributed by atoms with Gasteiger partial charge < -0.3 is 9.84 Å². The van der Waals surface area contributed by atoms with Crippen LogP contribution in [0.15, 0.2) is 33.8 Å². The van der Waals surface area contributed by atoms with Crippen LogP contribution in [0.25, 0.3) is 0 Å². The van der Waals surface area contributed by atoms with Gasteiger partial charge in [0.15, 0.2) is 0 Å². The van der Waals surface area contributed by atoms with Crippen molar-refractivity contribution in [2.45, 2.75) is 12.8 Å². The van der Waals surface area contributed by atoms with E-state index in [1.807, 2.05) is 12.1 Å². The molecule has 0 unspecified atom stereocenters. The molecule has 0 fully saturated rings. The minimum absolute atomic E-state index is 0.0717. The molecule has 0 aromatic heterocycles. The predicted molar refractivity (Wildman–Crippen MR) is 73.1 cm³/mol. The van der Waals surface area contributed by atoms with Crippen LogP contribution in [0, 0.1) is 0 Å². The fraction of sp³-hybridized carbons (Fsp3) is 0.250. The monoisotopic (exact) mass is 328 g/mol. The number of benzene rings is 1. The van der Waals surface area contributed by atoms with Crippen LogP contribution >= 0.6 is 15.9 Å². The van der Waals surface area contributed by atoms with E-state index in [4.69, 9.17) is 5.11 Å². The second-order valence-corrected chi connectivity index (χ2v) is 4.48. The number of rotatable bonds is 5. The topological polar surface area (TPSA) is 88.0 Å². The minimum Gasteiger partial charge on any atom is -0.481 e. The minimum atomic E-state index is -0.928. The van der Waals surface area contributed by atoms with Crippen LogP contribution in [0.1, 0.15) is 18.4 Å². The Morgan fingerprint density at radius 3 is 2.47 bits per heavy atom. The Morgan fingerprint density at radius 2 is 1.95 bits per heavy atom. The number of amides is 1. The van der Waals surface area contributed by atoms with Crippen molar-refractivity contribution in [2.24, 2.45) is 5.10 Å². The number of halogens is 1. The highest BCUT2D eigenvalue weighted by Crippen LogP contribution is 2.13. The van der Waals surface area contributed by atoms with Gasteiger partial charge in [-0.15, -0.1) is 0 Å². The molecule has 19 heavy (non-hydrogen) atoms. The summed E-state index contributed by atoms with van der Waals surface area (Å²) in [5.74, 6) is -0.928. The van der Waals surface area contributed by atoms with E-state index in [1.54, 1.807) is 12.1 Å². The van der Waals surface area contributed by atoms with Crippen LogP contribution in [0.2, 0.25) is 0 Å². The van der Waals surface area contributed by atoms with Crippen LogP contribution in [0.3, 0.4) is 0 Å². The van der Waals surface area contributed by atoms with Crippen LogP contribution < -0.4 is 5.43 Å². The second-order valence-electron chi connectivity index (χ2n) is 3.56. The molecular weight excluding hydrogens is 316 g/mol. The van der Waals surface area contributed by atoms with Gasteiger partial charge in [0.2, 0.25) is 0 Å². The number of ether oxygens (including phenoxy) is 1. The summed E-state index contributed by atoms with van der Waals surface area (Å²) in [7, 11) is 1.22. The van der Waals surface area contributed by atoms with Gasteiger partial charge in [-0.3, -0.25) is 4.79 Å². The van der Waals surface area contributed by atoms with Gasteiger partial charge in [-0.05, 0) is 17.7 Å². The first-order chi connectivity index (χ1) is 9.02. The number of carboxylic acids is 1. The smallest absolute Gasteiger partial charge is 0.427 e.